The van der Waals surface area contributed by atoms with Gasteiger partial charge in [-0.3, -0.25) is 19.1 Å². The number of benzene rings is 5. The molecule has 324 valence electrons. The summed E-state index contributed by atoms with van der Waals surface area (Å²) in [5.74, 6) is -0.847. The number of amides is 3. The number of nitrogens with one attached hydrogen (secondary N) is 2. The molecule has 0 saturated carbocycles. The Morgan fingerprint density at radius 3 is 2.29 bits per heavy atom. The number of aromatic amines is 1. The van der Waals surface area contributed by atoms with E-state index in [1.165, 1.54) is 4.90 Å². The number of aliphatic hydroxyl groups is 1. The normalized spacial score (nSPS) is 22.1. The average Bonchev–Trinajstić information content (AvgIpc) is 3.79. The van der Waals surface area contributed by atoms with Crippen LogP contribution >= 0.6 is 0 Å². The number of ether oxygens (including phenoxy) is 3. The van der Waals surface area contributed by atoms with Crippen LogP contribution in [0.2, 0.25) is 0 Å². The Balaban J connectivity index is 0.886. The highest BCUT2D eigenvalue weighted by molar-refractivity contribution is 6.06. The number of aromatic nitrogens is 2. The maximum atomic E-state index is 13.3. The predicted octanol–water partition coefficient (Wildman–Crippen LogP) is 7.17. The molecular weight excluding hydrogens is 799 g/mol. The number of alkyl carbamates (subject to hydrolysis) is 1. The van der Waals surface area contributed by atoms with Crippen LogP contribution in [0.1, 0.15) is 72.4 Å². The fraction of sp³-hybridized carbons (Fsp3) is 0.320. The van der Waals surface area contributed by atoms with Gasteiger partial charge >= 0.3 is 11.8 Å². The number of imidazole rings is 1. The van der Waals surface area contributed by atoms with E-state index in [9.17, 15) is 24.3 Å². The van der Waals surface area contributed by atoms with Crippen LogP contribution in [0.3, 0.4) is 0 Å². The Labute approximate surface area is 365 Å². The Hall–Kier alpha value is -6.38. The van der Waals surface area contributed by atoms with Gasteiger partial charge in [-0.15, -0.1) is 0 Å². The summed E-state index contributed by atoms with van der Waals surface area (Å²) in [6, 6.07) is 39.8. The molecule has 3 aliphatic heterocycles. The lowest BCUT2D eigenvalue weighted by atomic mass is 9.89. The predicted molar refractivity (Wildman–Crippen MR) is 236 cm³/mol. The molecule has 6 aromatic rings. The van der Waals surface area contributed by atoms with Crippen LogP contribution < -0.4 is 11.0 Å². The summed E-state index contributed by atoms with van der Waals surface area (Å²) < 4.78 is 20.9. The number of piperidine rings is 1. The minimum atomic E-state index is -0.998. The van der Waals surface area contributed by atoms with E-state index in [4.69, 9.17) is 14.2 Å². The number of H-pyrrole nitrogens is 1. The Kier molecular flexibility index (Phi) is 12.3. The molecule has 0 spiro atoms. The maximum Gasteiger partial charge on any atom is 0.408 e. The van der Waals surface area contributed by atoms with Gasteiger partial charge in [0.1, 0.15) is 12.6 Å². The number of imide groups is 1. The van der Waals surface area contributed by atoms with Crippen molar-refractivity contribution in [1.82, 2.24) is 24.7 Å². The molecule has 13 nitrogen and oxygen atoms in total. The van der Waals surface area contributed by atoms with Crippen LogP contribution in [0, 0.1) is 5.92 Å². The molecule has 3 aliphatic rings. The number of rotatable bonds is 12. The van der Waals surface area contributed by atoms with Crippen molar-refractivity contribution in [1.29, 1.82) is 0 Å². The van der Waals surface area contributed by atoms with Crippen molar-refractivity contribution in [2.24, 2.45) is 5.92 Å². The fourth-order valence-corrected chi connectivity index (χ4v) is 9.15. The number of carbonyl (C=O) groups excluding carboxylic acids is 3. The monoisotopic (exact) mass is 849 g/mol. The fourth-order valence-electron chi connectivity index (χ4n) is 9.15. The lowest BCUT2D eigenvalue weighted by Crippen LogP contribution is -2.47. The van der Waals surface area contributed by atoms with Crippen LogP contribution in [0.25, 0.3) is 22.2 Å². The van der Waals surface area contributed by atoms with Gasteiger partial charge in [-0.2, -0.15) is 0 Å². The lowest BCUT2D eigenvalue weighted by molar-refractivity contribution is -0.276. The number of likely N-dealkylation sites (tertiary alicyclic amines) is 2. The van der Waals surface area contributed by atoms with Crippen molar-refractivity contribution in [3.05, 3.63) is 166 Å². The summed E-state index contributed by atoms with van der Waals surface area (Å²) in [4.78, 5) is 58.5. The summed E-state index contributed by atoms with van der Waals surface area (Å²) >= 11 is 0. The third-order valence-electron chi connectivity index (χ3n) is 12.6. The first-order valence-corrected chi connectivity index (χ1v) is 21.6. The minimum Gasteiger partial charge on any atom is -0.445 e. The van der Waals surface area contributed by atoms with E-state index < -0.39 is 24.3 Å². The maximum absolute atomic E-state index is 13.3. The first kappa shape index (κ1) is 41.9. The quantitative estimate of drug-likeness (QED) is 0.109. The number of hydrogen-bond donors (Lipinski definition) is 3. The van der Waals surface area contributed by atoms with Gasteiger partial charge in [0.15, 0.2) is 6.29 Å². The van der Waals surface area contributed by atoms with E-state index in [0.717, 1.165) is 75.9 Å². The molecule has 1 unspecified atom stereocenters. The van der Waals surface area contributed by atoms with Gasteiger partial charge in [0.05, 0.1) is 42.8 Å². The van der Waals surface area contributed by atoms with Gasteiger partial charge in [-0.25, -0.2) is 9.59 Å². The number of carbonyl (C=O) groups is 3. The van der Waals surface area contributed by atoms with Gasteiger partial charge in [0.2, 0.25) is 5.91 Å². The molecule has 1 aromatic heterocycles. The minimum absolute atomic E-state index is 0.000734. The van der Waals surface area contributed by atoms with Gasteiger partial charge in [0, 0.05) is 37.2 Å². The van der Waals surface area contributed by atoms with Gasteiger partial charge in [-0.1, -0.05) is 110 Å². The first-order valence-electron chi connectivity index (χ1n) is 21.6. The highest BCUT2D eigenvalue weighted by Gasteiger charge is 2.41. The zero-order chi connectivity index (χ0) is 43.5. The molecule has 0 radical (unpaired) electrons. The molecule has 5 aromatic carbocycles. The van der Waals surface area contributed by atoms with Crippen LogP contribution in [0.4, 0.5) is 4.79 Å². The number of aliphatic hydroxyl groups excluding tert-OH is 1. The molecule has 3 fully saturated rings. The van der Waals surface area contributed by atoms with E-state index in [-0.39, 0.29) is 61.9 Å². The molecule has 3 saturated heterocycles. The molecule has 0 aliphatic carbocycles. The Bertz CT molecular complexity index is 2640. The van der Waals surface area contributed by atoms with Gasteiger partial charge in [-0.05, 0) is 70.5 Å². The highest BCUT2D eigenvalue weighted by atomic mass is 16.7. The third kappa shape index (κ3) is 9.23. The molecule has 3 N–H and O–H groups in total. The van der Waals surface area contributed by atoms with Crippen molar-refractivity contribution in [3.63, 3.8) is 0 Å². The second kappa shape index (κ2) is 18.5. The second-order valence-electron chi connectivity index (χ2n) is 16.8. The number of hydrogen-bond acceptors (Lipinski definition) is 9. The third-order valence-corrected chi connectivity index (χ3v) is 12.6. The van der Waals surface area contributed by atoms with E-state index in [2.05, 4.69) is 28.2 Å². The topological polar surface area (TPSA) is 155 Å². The van der Waals surface area contributed by atoms with E-state index in [1.807, 2.05) is 126 Å². The summed E-state index contributed by atoms with van der Waals surface area (Å²) in [5, 5.41) is 12.3. The molecule has 4 heterocycles. The largest absolute Gasteiger partial charge is 0.445 e. The van der Waals surface area contributed by atoms with Crippen LogP contribution in [0.5, 0.6) is 0 Å². The van der Waals surface area contributed by atoms with E-state index >= 15 is 0 Å². The molecule has 63 heavy (non-hydrogen) atoms. The smallest absolute Gasteiger partial charge is 0.408 e. The SMILES string of the molecule is C[C@H]1[C@@H](CN2CCC(n3c(=O)[nH]c4ccccc43)CC2)O[C@@H](c2cccc(-c3cccc(CN4C(=O)CC(NC(=O)OCc5ccccc5)C4=O)c3)c2)O[C@H]1c1ccc(CO)cc1. The summed E-state index contributed by atoms with van der Waals surface area (Å²) in [7, 11) is 0. The Morgan fingerprint density at radius 1 is 0.794 bits per heavy atom. The number of para-hydroxylation sites is 2. The van der Waals surface area contributed by atoms with Crippen molar-refractivity contribution >= 4 is 28.9 Å². The average molecular weight is 850 g/mol. The summed E-state index contributed by atoms with van der Waals surface area (Å²) in [5.41, 5.74) is 7.78. The Morgan fingerprint density at radius 2 is 1.51 bits per heavy atom. The number of fused-ring (bicyclic) bond motifs is 1. The van der Waals surface area contributed by atoms with Crippen molar-refractivity contribution in [2.75, 3.05) is 19.6 Å². The van der Waals surface area contributed by atoms with Crippen molar-refractivity contribution in [3.8, 4) is 11.1 Å². The molecule has 13 heteroatoms. The van der Waals surface area contributed by atoms with E-state index in [0.29, 0.717) is 6.54 Å². The summed E-state index contributed by atoms with van der Waals surface area (Å²) in [6.07, 6.45) is -0.343. The second-order valence-corrected chi connectivity index (χ2v) is 16.8. The van der Waals surface area contributed by atoms with Crippen LogP contribution in [-0.4, -0.2) is 74.1 Å². The zero-order valence-electron chi connectivity index (χ0n) is 35.1. The van der Waals surface area contributed by atoms with Crippen molar-refractivity contribution in [2.45, 2.75) is 76.5 Å². The molecular formula is C50H51N5O8. The molecule has 0 bridgehead atoms. The standard InChI is InChI=1S/C50H51N5O8/c1-32-44(29-53-23-21-40(22-24-53)55-43-16-6-5-15-41(43)51-49(55)59)62-48(63-46(32)36-19-17-33(30-56)18-20-36)39-14-8-13-38(26-39)37-12-7-11-35(25-37)28-54-45(57)27-42(47(54)58)52-50(60)61-31-34-9-3-2-4-10-34/h2-20,25-26,32,40,42,44,46,48,56H,21-24,27-31H2,1H3,(H,51,59)(H,52,60)/t32-,42?,44+,46+,48+/m0/s1. The van der Waals surface area contributed by atoms with Crippen LogP contribution in [-0.2, 0) is 43.6 Å². The zero-order valence-corrected chi connectivity index (χ0v) is 35.1. The lowest BCUT2D eigenvalue weighted by Gasteiger charge is -2.44. The molecule has 5 atom stereocenters. The highest BCUT2D eigenvalue weighted by Crippen LogP contribution is 2.43. The van der Waals surface area contributed by atoms with Gasteiger partial charge < -0.3 is 34.5 Å². The van der Waals surface area contributed by atoms with Crippen LogP contribution in [0.15, 0.2) is 132 Å². The van der Waals surface area contributed by atoms with E-state index in [1.54, 1.807) is 0 Å². The van der Waals surface area contributed by atoms with Gasteiger partial charge in [0.25, 0.3) is 5.91 Å². The summed E-state index contributed by atoms with van der Waals surface area (Å²) in [6.45, 7) is 4.57. The van der Waals surface area contributed by atoms with Crippen molar-refractivity contribution < 1.29 is 33.7 Å². The number of nitrogens with zero attached hydrogens (tertiary/aromatic N) is 3. The first-order chi connectivity index (χ1) is 30.7. The molecule has 3 amide bonds. The molecule has 9 rings (SSSR count).